The van der Waals surface area contributed by atoms with Gasteiger partial charge in [0.05, 0.1) is 6.61 Å². The van der Waals surface area contributed by atoms with E-state index >= 15 is 0 Å². The quantitative estimate of drug-likeness (QED) is 0.639. The van der Waals surface area contributed by atoms with Gasteiger partial charge < -0.3 is 15.4 Å². The summed E-state index contributed by atoms with van der Waals surface area (Å²) < 4.78 is 5.51. The van der Waals surface area contributed by atoms with Crippen LogP contribution in [0, 0.1) is 11.8 Å². The molecular formula is C16H30N2O2. The van der Waals surface area contributed by atoms with Gasteiger partial charge >= 0.3 is 6.03 Å². The zero-order valence-electron chi connectivity index (χ0n) is 12.8. The zero-order chi connectivity index (χ0) is 14.2. The van der Waals surface area contributed by atoms with Crippen LogP contribution < -0.4 is 10.6 Å². The van der Waals surface area contributed by atoms with Crippen LogP contribution in [0.5, 0.6) is 0 Å². The second-order valence-corrected chi connectivity index (χ2v) is 6.36. The maximum atomic E-state index is 11.8. The van der Waals surface area contributed by atoms with Gasteiger partial charge in [-0.1, -0.05) is 26.2 Å². The molecule has 0 heterocycles. The smallest absolute Gasteiger partial charge is 0.315 e. The molecule has 4 nitrogen and oxygen atoms in total. The van der Waals surface area contributed by atoms with Crippen molar-refractivity contribution in [1.82, 2.24) is 10.6 Å². The van der Waals surface area contributed by atoms with Crippen LogP contribution in [0.4, 0.5) is 4.79 Å². The molecule has 0 saturated heterocycles. The minimum absolute atomic E-state index is 0.0200. The molecule has 116 valence electrons. The Morgan fingerprint density at radius 3 is 2.85 bits per heavy atom. The maximum absolute atomic E-state index is 11.8. The van der Waals surface area contributed by atoms with Gasteiger partial charge in [-0.25, -0.2) is 4.79 Å². The Labute approximate surface area is 123 Å². The summed E-state index contributed by atoms with van der Waals surface area (Å²) in [6.07, 6.45) is 10.1. The van der Waals surface area contributed by atoms with E-state index in [0.29, 0.717) is 25.1 Å². The normalized spacial score (nSPS) is 25.6. The van der Waals surface area contributed by atoms with Crippen molar-refractivity contribution < 1.29 is 9.53 Å². The lowest BCUT2D eigenvalue weighted by molar-refractivity contribution is 0.126. The minimum atomic E-state index is -0.0200. The van der Waals surface area contributed by atoms with Crippen LogP contribution in [0.2, 0.25) is 0 Å². The van der Waals surface area contributed by atoms with Crippen molar-refractivity contribution in [3.63, 3.8) is 0 Å². The second kappa shape index (κ2) is 8.50. The summed E-state index contributed by atoms with van der Waals surface area (Å²) in [6, 6.07) is 0.363. The van der Waals surface area contributed by atoms with Crippen molar-refractivity contribution in [1.29, 1.82) is 0 Å². The molecule has 2 atom stereocenters. The minimum Gasteiger partial charge on any atom is -0.379 e. The van der Waals surface area contributed by atoms with Gasteiger partial charge in [0.15, 0.2) is 0 Å². The molecule has 0 aromatic rings. The SMILES string of the molecule is CCCCC1CCCC1NC(=O)NCCOCC1CC1. The highest BCUT2D eigenvalue weighted by molar-refractivity contribution is 5.74. The van der Waals surface area contributed by atoms with Crippen LogP contribution in [-0.4, -0.2) is 31.8 Å². The van der Waals surface area contributed by atoms with E-state index < -0.39 is 0 Å². The highest BCUT2D eigenvalue weighted by Gasteiger charge is 2.27. The first-order valence-electron chi connectivity index (χ1n) is 8.41. The highest BCUT2D eigenvalue weighted by Crippen LogP contribution is 2.30. The van der Waals surface area contributed by atoms with E-state index in [9.17, 15) is 4.79 Å². The van der Waals surface area contributed by atoms with Gasteiger partial charge in [-0.3, -0.25) is 0 Å². The Hall–Kier alpha value is -0.770. The van der Waals surface area contributed by atoms with E-state index in [1.165, 1.54) is 44.9 Å². The fraction of sp³-hybridized carbons (Fsp3) is 0.938. The zero-order valence-corrected chi connectivity index (χ0v) is 12.8. The number of carbonyl (C=O) groups excluding carboxylic acids is 1. The Bertz CT molecular complexity index is 292. The van der Waals surface area contributed by atoms with E-state index in [0.717, 1.165) is 18.9 Å². The molecule has 0 aromatic carbocycles. The third kappa shape index (κ3) is 5.70. The molecule has 2 saturated carbocycles. The maximum Gasteiger partial charge on any atom is 0.315 e. The first-order chi connectivity index (χ1) is 9.79. The number of nitrogens with one attached hydrogen (secondary N) is 2. The third-order valence-corrected chi connectivity index (χ3v) is 4.49. The lowest BCUT2D eigenvalue weighted by Gasteiger charge is -2.21. The molecular weight excluding hydrogens is 252 g/mol. The van der Waals surface area contributed by atoms with Crippen LogP contribution in [0.15, 0.2) is 0 Å². The number of carbonyl (C=O) groups is 1. The van der Waals surface area contributed by atoms with E-state index in [4.69, 9.17) is 4.74 Å². The van der Waals surface area contributed by atoms with E-state index in [2.05, 4.69) is 17.6 Å². The third-order valence-electron chi connectivity index (χ3n) is 4.49. The van der Waals surface area contributed by atoms with Crippen molar-refractivity contribution in [3.05, 3.63) is 0 Å². The molecule has 2 unspecified atom stereocenters. The Morgan fingerprint density at radius 2 is 2.10 bits per heavy atom. The number of amides is 2. The number of ether oxygens (including phenoxy) is 1. The molecule has 2 aliphatic rings. The van der Waals surface area contributed by atoms with Gasteiger partial charge in [-0.15, -0.1) is 0 Å². The van der Waals surface area contributed by atoms with Crippen LogP contribution in [-0.2, 0) is 4.74 Å². The summed E-state index contributed by atoms with van der Waals surface area (Å²) in [4.78, 5) is 11.8. The summed E-state index contributed by atoms with van der Waals surface area (Å²) in [6.45, 7) is 4.34. The highest BCUT2D eigenvalue weighted by atomic mass is 16.5. The number of hydrogen-bond donors (Lipinski definition) is 2. The number of hydrogen-bond acceptors (Lipinski definition) is 2. The molecule has 2 amide bonds. The largest absolute Gasteiger partial charge is 0.379 e. The van der Waals surface area contributed by atoms with Gasteiger partial charge in [0, 0.05) is 19.2 Å². The first kappa shape index (κ1) is 15.6. The van der Waals surface area contributed by atoms with Gasteiger partial charge in [0.1, 0.15) is 0 Å². The van der Waals surface area contributed by atoms with E-state index in [-0.39, 0.29) is 6.03 Å². The van der Waals surface area contributed by atoms with Crippen molar-refractivity contribution in [2.24, 2.45) is 11.8 Å². The predicted octanol–water partition coefficient (Wildman–Crippen LogP) is 3.07. The van der Waals surface area contributed by atoms with Gasteiger partial charge in [0.25, 0.3) is 0 Å². The predicted molar refractivity (Wildman–Crippen MR) is 80.7 cm³/mol. The van der Waals surface area contributed by atoms with Gasteiger partial charge in [-0.05, 0) is 43.9 Å². The molecule has 2 rings (SSSR count). The monoisotopic (exact) mass is 282 g/mol. The second-order valence-electron chi connectivity index (χ2n) is 6.36. The summed E-state index contributed by atoms with van der Waals surface area (Å²) >= 11 is 0. The fourth-order valence-corrected chi connectivity index (χ4v) is 3.03. The summed E-state index contributed by atoms with van der Waals surface area (Å²) in [5.41, 5.74) is 0. The molecule has 20 heavy (non-hydrogen) atoms. The molecule has 2 fully saturated rings. The number of rotatable bonds is 9. The molecule has 0 aliphatic heterocycles. The average Bonchev–Trinajstić information content (AvgIpc) is 3.16. The average molecular weight is 282 g/mol. The van der Waals surface area contributed by atoms with Crippen molar-refractivity contribution in [2.45, 2.75) is 64.3 Å². The molecule has 0 aromatic heterocycles. The van der Waals surface area contributed by atoms with Crippen LogP contribution in [0.3, 0.4) is 0 Å². The standard InChI is InChI=1S/C16H30N2O2/c1-2-3-5-14-6-4-7-15(14)18-16(19)17-10-11-20-12-13-8-9-13/h13-15H,2-12H2,1H3,(H2,17,18,19). The van der Waals surface area contributed by atoms with E-state index in [1.807, 2.05) is 0 Å². The summed E-state index contributed by atoms with van der Waals surface area (Å²) in [7, 11) is 0. The summed E-state index contributed by atoms with van der Waals surface area (Å²) in [5.74, 6) is 1.48. The van der Waals surface area contributed by atoms with Crippen molar-refractivity contribution in [3.8, 4) is 0 Å². The fourth-order valence-electron chi connectivity index (χ4n) is 3.03. The van der Waals surface area contributed by atoms with E-state index in [1.54, 1.807) is 0 Å². The molecule has 2 aliphatic carbocycles. The lowest BCUT2D eigenvalue weighted by atomic mass is 9.97. The number of urea groups is 1. The molecule has 0 spiro atoms. The topological polar surface area (TPSA) is 50.4 Å². The van der Waals surface area contributed by atoms with Crippen LogP contribution in [0.25, 0.3) is 0 Å². The molecule has 0 bridgehead atoms. The lowest BCUT2D eigenvalue weighted by Crippen LogP contribution is -2.44. The summed E-state index contributed by atoms with van der Waals surface area (Å²) in [5, 5.41) is 6.05. The Kier molecular flexibility index (Phi) is 6.64. The van der Waals surface area contributed by atoms with Crippen molar-refractivity contribution in [2.75, 3.05) is 19.8 Å². The molecule has 0 radical (unpaired) electrons. The first-order valence-corrected chi connectivity index (χ1v) is 8.41. The van der Waals surface area contributed by atoms with Crippen molar-refractivity contribution >= 4 is 6.03 Å². The van der Waals surface area contributed by atoms with Crippen LogP contribution in [0.1, 0.15) is 58.3 Å². The molecule has 4 heteroatoms. The van der Waals surface area contributed by atoms with Gasteiger partial charge in [-0.2, -0.15) is 0 Å². The number of unbranched alkanes of at least 4 members (excludes halogenated alkanes) is 1. The van der Waals surface area contributed by atoms with Gasteiger partial charge in [0.2, 0.25) is 0 Å². The Balaban J connectivity index is 1.53. The molecule has 2 N–H and O–H groups in total. The van der Waals surface area contributed by atoms with Crippen LogP contribution >= 0.6 is 0 Å². The Morgan fingerprint density at radius 1 is 1.25 bits per heavy atom.